The largest absolute Gasteiger partial charge is 0.345 e. The molecule has 2 aliphatic heterocycles. The van der Waals surface area contributed by atoms with Crippen LogP contribution in [0.25, 0.3) is 22.3 Å². The molecule has 2 aliphatic rings. The number of aryl methyl sites for hydroxylation is 1. The topological polar surface area (TPSA) is 87.1 Å². The van der Waals surface area contributed by atoms with Crippen LogP contribution in [0.15, 0.2) is 24.5 Å². The van der Waals surface area contributed by atoms with Gasteiger partial charge in [0.15, 0.2) is 0 Å². The third-order valence-electron chi connectivity index (χ3n) is 6.37. The van der Waals surface area contributed by atoms with Crippen LogP contribution >= 0.6 is 11.6 Å². The zero-order chi connectivity index (χ0) is 20.4. The maximum Gasteiger partial charge on any atom is 0.281 e. The van der Waals surface area contributed by atoms with Gasteiger partial charge in [0, 0.05) is 68.2 Å². The van der Waals surface area contributed by atoms with Crippen molar-refractivity contribution in [2.24, 2.45) is 0 Å². The first-order valence-corrected chi connectivity index (χ1v) is 11.5. The molecule has 1 N–H and O–H groups in total. The van der Waals surface area contributed by atoms with Gasteiger partial charge >= 0.3 is 0 Å². The highest BCUT2D eigenvalue weighted by Crippen LogP contribution is 2.45. The molecule has 3 aromatic rings. The quantitative estimate of drug-likeness (QED) is 0.686. The molecular formula is C19H23ClN6O2S. The molecule has 1 fully saturated rings. The van der Waals surface area contributed by atoms with Crippen LogP contribution in [0.5, 0.6) is 0 Å². The van der Waals surface area contributed by atoms with Gasteiger partial charge in [-0.1, -0.05) is 11.6 Å². The SMILES string of the molecule is CN(C)S(=O)(=O)N1CCC2(CC1)CCn1nc(-c3cnc4[nH]cc(Cl)c4c3)cc12. The average Bonchev–Trinajstić information content (AvgIpc) is 3.38. The lowest BCUT2D eigenvalue weighted by Gasteiger charge is -2.39. The monoisotopic (exact) mass is 434 g/mol. The third-order valence-corrected chi connectivity index (χ3v) is 8.62. The molecule has 154 valence electrons. The first-order valence-electron chi connectivity index (χ1n) is 9.69. The van der Waals surface area contributed by atoms with Gasteiger partial charge in [0.25, 0.3) is 10.2 Å². The molecule has 0 radical (unpaired) electrons. The van der Waals surface area contributed by atoms with Gasteiger partial charge in [0.1, 0.15) is 5.65 Å². The summed E-state index contributed by atoms with van der Waals surface area (Å²) in [5, 5.41) is 6.34. The number of H-pyrrole nitrogens is 1. The van der Waals surface area contributed by atoms with Crippen molar-refractivity contribution in [3.8, 4) is 11.3 Å². The van der Waals surface area contributed by atoms with Crippen molar-refractivity contribution in [3.05, 3.63) is 35.2 Å². The number of hydrogen-bond acceptors (Lipinski definition) is 4. The average molecular weight is 435 g/mol. The van der Waals surface area contributed by atoms with Gasteiger partial charge in [-0.3, -0.25) is 4.68 Å². The molecule has 10 heteroatoms. The number of aromatic nitrogens is 4. The predicted molar refractivity (Wildman–Crippen MR) is 112 cm³/mol. The van der Waals surface area contributed by atoms with Crippen LogP contribution < -0.4 is 0 Å². The van der Waals surface area contributed by atoms with E-state index in [1.807, 2.05) is 12.3 Å². The fourth-order valence-corrected chi connectivity index (χ4v) is 5.90. The highest BCUT2D eigenvalue weighted by Gasteiger charge is 2.45. The number of hydrogen-bond donors (Lipinski definition) is 1. The summed E-state index contributed by atoms with van der Waals surface area (Å²) < 4.78 is 29.9. The Kier molecular flexibility index (Phi) is 4.29. The molecule has 3 aromatic heterocycles. The van der Waals surface area contributed by atoms with Gasteiger partial charge in [-0.15, -0.1) is 0 Å². The maximum atomic E-state index is 12.4. The Bertz CT molecular complexity index is 1190. The molecule has 1 saturated heterocycles. The van der Waals surface area contributed by atoms with E-state index in [9.17, 15) is 8.42 Å². The zero-order valence-corrected chi connectivity index (χ0v) is 18.0. The number of piperidine rings is 1. The molecule has 0 amide bonds. The number of pyridine rings is 1. The highest BCUT2D eigenvalue weighted by molar-refractivity contribution is 7.86. The number of aromatic amines is 1. The van der Waals surface area contributed by atoms with Crippen molar-refractivity contribution in [2.75, 3.05) is 27.2 Å². The zero-order valence-electron chi connectivity index (χ0n) is 16.4. The van der Waals surface area contributed by atoms with E-state index in [2.05, 4.69) is 20.7 Å². The van der Waals surface area contributed by atoms with Crippen LogP contribution in [0.1, 0.15) is 25.0 Å². The summed E-state index contributed by atoms with van der Waals surface area (Å²) in [5.74, 6) is 0. The molecule has 1 spiro atoms. The Morgan fingerprint density at radius 3 is 2.62 bits per heavy atom. The molecule has 0 atom stereocenters. The van der Waals surface area contributed by atoms with Crippen LogP contribution in [0.2, 0.25) is 5.02 Å². The number of fused-ring (bicyclic) bond motifs is 3. The molecule has 0 saturated carbocycles. The molecular weight excluding hydrogens is 412 g/mol. The molecule has 5 heterocycles. The third kappa shape index (κ3) is 2.91. The molecule has 29 heavy (non-hydrogen) atoms. The minimum atomic E-state index is -3.36. The summed E-state index contributed by atoms with van der Waals surface area (Å²) in [6, 6.07) is 4.16. The van der Waals surface area contributed by atoms with E-state index in [1.54, 1.807) is 24.6 Å². The second-order valence-electron chi connectivity index (χ2n) is 8.11. The number of nitrogens with zero attached hydrogens (tertiary/aromatic N) is 5. The standard InChI is InChI=1S/C19H23ClN6O2S/c1-24(2)29(27,28)25-6-3-19(4-7-25)5-8-26-17(19)10-16(23-26)13-9-14-15(20)12-22-18(14)21-11-13/h9-12H,3-8H2,1-2H3,(H,21,22). The van der Waals surface area contributed by atoms with Gasteiger partial charge in [0.05, 0.1) is 10.7 Å². The lowest BCUT2D eigenvalue weighted by Crippen LogP contribution is -2.48. The summed E-state index contributed by atoms with van der Waals surface area (Å²) >= 11 is 6.24. The van der Waals surface area contributed by atoms with Crippen molar-refractivity contribution in [1.29, 1.82) is 0 Å². The summed E-state index contributed by atoms with van der Waals surface area (Å²) in [5.41, 5.74) is 3.77. The smallest absolute Gasteiger partial charge is 0.281 e. The van der Waals surface area contributed by atoms with E-state index in [4.69, 9.17) is 16.7 Å². The second kappa shape index (κ2) is 6.53. The Balaban J connectivity index is 1.44. The Hall–Kier alpha value is -1.94. The van der Waals surface area contributed by atoms with Crippen molar-refractivity contribution < 1.29 is 8.42 Å². The fraction of sp³-hybridized carbons (Fsp3) is 0.474. The van der Waals surface area contributed by atoms with Gasteiger partial charge in [0.2, 0.25) is 0 Å². The summed E-state index contributed by atoms with van der Waals surface area (Å²) in [4.78, 5) is 7.50. The van der Waals surface area contributed by atoms with Crippen molar-refractivity contribution >= 4 is 32.8 Å². The lowest BCUT2D eigenvalue weighted by molar-refractivity contribution is 0.224. The molecule has 5 rings (SSSR count). The maximum absolute atomic E-state index is 12.4. The van der Waals surface area contributed by atoms with Crippen LogP contribution in [0, 0.1) is 0 Å². The van der Waals surface area contributed by atoms with Gasteiger partial charge in [-0.05, 0) is 31.4 Å². The minimum absolute atomic E-state index is 0.00710. The van der Waals surface area contributed by atoms with Crippen LogP contribution in [-0.4, -0.2) is 64.0 Å². The molecule has 8 nitrogen and oxygen atoms in total. The summed E-state index contributed by atoms with van der Waals surface area (Å²) in [7, 11) is -0.197. The lowest BCUT2D eigenvalue weighted by atomic mass is 9.75. The number of halogens is 1. The molecule has 0 unspecified atom stereocenters. The van der Waals surface area contributed by atoms with E-state index < -0.39 is 10.2 Å². The summed E-state index contributed by atoms with van der Waals surface area (Å²) in [6.07, 6.45) is 6.18. The van der Waals surface area contributed by atoms with Crippen molar-refractivity contribution in [3.63, 3.8) is 0 Å². The van der Waals surface area contributed by atoms with Crippen LogP contribution in [0.4, 0.5) is 0 Å². The fourth-order valence-electron chi connectivity index (χ4n) is 4.60. The van der Waals surface area contributed by atoms with Gasteiger partial charge < -0.3 is 4.98 Å². The van der Waals surface area contributed by atoms with E-state index in [0.29, 0.717) is 18.1 Å². The molecule has 0 aliphatic carbocycles. The molecule has 0 bridgehead atoms. The van der Waals surface area contributed by atoms with Crippen molar-refractivity contribution in [2.45, 2.75) is 31.2 Å². The van der Waals surface area contributed by atoms with Crippen LogP contribution in [0.3, 0.4) is 0 Å². The highest BCUT2D eigenvalue weighted by atomic mass is 35.5. The predicted octanol–water partition coefficient (Wildman–Crippen LogP) is 2.62. The normalized spacial score (nSPS) is 19.4. The van der Waals surface area contributed by atoms with Gasteiger partial charge in [-0.25, -0.2) is 4.98 Å². The van der Waals surface area contributed by atoms with Crippen LogP contribution in [-0.2, 0) is 22.2 Å². The van der Waals surface area contributed by atoms with Gasteiger partial charge in [-0.2, -0.15) is 22.1 Å². The Morgan fingerprint density at radius 2 is 1.90 bits per heavy atom. The van der Waals surface area contributed by atoms with E-state index in [0.717, 1.165) is 48.1 Å². The number of nitrogens with one attached hydrogen (secondary N) is 1. The molecule has 0 aromatic carbocycles. The first-order chi connectivity index (χ1) is 13.8. The van der Waals surface area contributed by atoms with Crippen molar-refractivity contribution in [1.82, 2.24) is 28.4 Å². The second-order valence-corrected chi connectivity index (χ2v) is 10.7. The van der Waals surface area contributed by atoms with E-state index >= 15 is 0 Å². The van der Waals surface area contributed by atoms with E-state index in [1.165, 1.54) is 10.00 Å². The van der Waals surface area contributed by atoms with E-state index in [-0.39, 0.29) is 5.41 Å². The summed E-state index contributed by atoms with van der Waals surface area (Å²) in [6.45, 7) is 1.93. The first kappa shape index (κ1) is 19.0. The minimum Gasteiger partial charge on any atom is -0.345 e. The Labute approximate surface area is 174 Å². The number of rotatable bonds is 3. The Morgan fingerprint density at radius 1 is 1.17 bits per heavy atom.